The highest BCUT2D eigenvalue weighted by molar-refractivity contribution is 5.93. The Bertz CT molecular complexity index is 878. The number of ether oxygens (including phenoxy) is 1. The standard InChI is InChI=1S/C24H34F3N5O3/c25-24(26,27)17-6-7-21(31-12-14-35-15-13-31)20(16-17)30-23(34)32-10-8-19(9-11-32)29-22(33)28-18-4-2-1-3-5-18/h6-7,16,18-19H,1-5,8-15H2,(H,30,34)(H2,28,29,33). The summed E-state index contributed by atoms with van der Waals surface area (Å²) < 4.78 is 45.3. The molecule has 0 unspecified atom stereocenters. The summed E-state index contributed by atoms with van der Waals surface area (Å²) >= 11 is 0. The molecule has 2 aliphatic heterocycles. The van der Waals surface area contributed by atoms with E-state index in [9.17, 15) is 22.8 Å². The number of alkyl halides is 3. The lowest BCUT2D eigenvalue weighted by Gasteiger charge is -2.34. The van der Waals surface area contributed by atoms with Crippen LogP contribution in [0.2, 0.25) is 0 Å². The highest BCUT2D eigenvalue weighted by Gasteiger charge is 2.32. The summed E-state index contributed by atoms with van der Waals surface area (Å²) in [6.07, 6.45) is 2.17. The molecular weight excluding hydrogens is 463 g/mol. The van der Waals surface area contributed by atoms with Gasteiger partial charge >= 0.3 is 18.2 Å². The minimum Gasteiger partial charge on any atom is -0.378 e. The Labute approximate surface area is 203 Å². The van der Waals surface area contributed by atoms with E-state index in [1.54, 1.807) is 4.90 Å². The van der Waals surface area contributed by atoms with Gasteiger partial charge in [-0.1, -0.05) is 19.3 Å². The molecule has 4 rings (SSSR count). The third-order valence-electron chi connectivity index (χ3n) is 6.98. The van der Waals surface area contributed by atoms with Crippen LogP contribution >= 0.6 is 0 Å². The average molecular weight is 498 g/mol. The molecule has 1 aliphatic carbocycles. The first kappa shape index (κ1) is 25.4. The van der Waals surface area contributed by atoms with Crippen LogP contribution in [-0.4, -0.2) is 68.4 Å². The van der Waals surface area contributed by atoms with Gasteiger partial charge in [0, 0.05) is 38.3 Å². The van der Waals surface area contributed by atoms with Gasteiger partial charge in [0.2, 0.25) is 0 Å². The fraction of sp³-hybridized carbons (Fsp3) is 0.667. The lowest BCUT2D eigenvalue weighted by atomic mass is 9.96. The lowest BCUT2D eigenvalue weighted by Crippen LogP contribution is -2.51. The Kier molecular flexibility index (Phi) is 8.25. The van der Waals surface area contributed by atoms with Gasteiger partial charge in [0.05, 0.1) is 30.2 Å². The molecule has 0 atom stereocenters. The molecule has 194 valence electrons. The van der Waals surface area contributed by atoms with E-state index in [4.69, 9.17) is 4.74 Å². The number of urea groups is 2. The summed E-state index contributed by atoms with van der Waals surface area (Å²) in [6.45, 7) is 2.84. The molecule has 3 fully saturated rings. The van der Waals surface area contributed by atoms with Gasteiger partial charge in [-0.3, -0.25) is 0 Å². The Morgan fingerprint density at radius 2 is 1.51 bits per heavy atom. The molecule has 8 nitrogen and oxygen atoms in total. The highest BCUT2D eigenvalue weighted by Crippen LogP contribution is 2.36. The molecule has 11 heteroatoms. The molecule has 2 heterocycles. The van der Waals surface area contributed by atoms with Gasteiger partial charge in [0.1, 0.15) is 0 Å². The van der Waals surface area contributed by atoms with Gasteiger partial charge in [0.25, 0.3) is 0 Å². The monoisotopic (exact) mass is 497 g/mol. The molecule has 0 bridgehead atoms. The van der Waals surface area contributed by atoms with Gasteiger partial charge in [-0.2, -0.15) is 13.2 Å². The number of carbonyl (C=O) groups is 2. The summed E-state index contributed by atoms with van der Waals surface area (Å²) in [7, 11) is 0. The topological polar surface area (TPSA) is 85.9 Å². The number of likely N-dealkylation sites (tertiary alicyclic amines) is 1. The lowest BCUT2D eigenvalue weighted by molar-refractivity contribution is -0.137. The first-order chi connectivity index (χ1) is 16.8. The minimum absolute atomic E-state index is 0.0416. The zero-order valence-electron chi connectivity index (χ0n) is 19.8. The van der Waals surface area contributed by atoms with Crippen molar-refractivity contribution in [2.45, 2.75) is 63.2 Å². The molecule has 0 spiro atoms. The molecule has 1 saturated carbocycles. The van der Waals surface area contributed by atoms with Crippen LogP contribution in [0.3, 0.4) is 0 Å². The Morgan fingerprint density at radius 3 is 2.14 bits per heavy atom. The Hall–Kier alpha value is -2.69. The van der Waals surface area contributed by atoms with E-state index in [1.807, 2.05) is 4.90 Å². The summed E-state index contributed by atoms with van der Waals surface area (Å²) in [4.78, 5) is 28.8. The van der Waals surface area contributed by atoms with Crippen molar-refractivity contribution in [1.29, 1.82) is 0 Å². The van der Waals surface area contributed by atoms with E-state index in [0.717, 1.165) is 37.8 Å². The number of nitrogens with one attached hydrogen (secondary N) is 3. The second kappa shape index (κ2) is 11.4. The summed E-state index contributed by atoms with van der Waals surface area (Å²) in [5.74, 6) is 0. The SMILES string of the molecule is O=C(NC1CCCCC1)NC1CCN(C(=O)Nc2cc(C(F)(F)F)ccc2N2CCOCC2)CC1. The van der Waals surface area contributed by atoms with Crippen molar-refractivity contribution in [3.8, 4) is 0 Å². The third-order valence-corrected chi connectivity index (χ3v) is 6.98. The maximum atomic E-state index is 13.3. The maximum Gasteiger partial charge on any atom is 0.416 e. The molecule has 0 aromatic heterocycles. The molecule has 0 radical (unpaired) electrons. The average Bonchev–Trinajstić information content (AvgIpc) is 2.85. The van der Waals surface area contributed by atoms with Gasteiger partial charge < -0.3 is 30.5 Å². The van der Waals surface area contributed by atoms with Crippen molar-refractivity contribution in [2.75, 3.05) is 49.6 Å². The number of anilines is 2. The van der Waals surface area contributed by atoms with Crippen molar-refractivity contribution < 1.29 is 27.5 Å². The smallest absolute Gasteiger partial charge is 0.378 e. The number of hydrogen-bond donors (Lipinski definition) is 3. The molecule has 2 saturated heterocycles. The first-order valence-electron chi connectivity index (χ1n) is 12.5. The fourth-order valence-electron chi connectivity index (χ4n) is 4.97. The third kappa shape index (κ3) is 6.93. The van der Waals surface area contributed by atoms with Crippen LogP contribution in [0.4, 0.5) is 34.1 Å². The zero-order valence-corrected chi connectivity index (χ0v) is 19.8. The number of halogens is 3. The van der Waals surface area contributed by atoms with Crippen LogP contribution in [0.15, 0.2) is 18.2 Å². The largest absolute Gasteiger partial charge is 0.416 e. The van der Waals surface area contributed by atoms with Crippen molar-refractivity contribution in [3.63, 3.8) is 0 Å². The van der Waals surface area contributed by atoms with E-state index in [0.29, 0.717) is 57.9 Å². The number of rotatable bonds is 4. The number of benzene rings is 1. The van der Waals surface area contributed by atoms with Crippen molar-refractivity contribution >= 4 is 23.4 Å². The Balaban J connectivity index is 1.33. The number of piperidine rings is 1. The van der Waals surface area contributed by atoms with Crippen molar-refractivity contribution in [2.24, 2.45) is 0 Å². The number of hydrogen-bond acceptors (Lipinski definition) is 4. The number of morpholine rings is 1. The van der Waals surface area contributed by atoms with Crippen LogP contribution in [0.25, 0.3) is 0 Å². The highest BCUT2D eigenvalue weighted by atomic mass is 19.4. The molecule has 35 heavy (non-hydrogen) atoms. The molecule has 1 aromatic rings. The van der Waals surface area contributed by atoms with E-state index < -0.39 is 17.8 Å². The van der Waals surface area contributed by atoms with E-state index in [-0.39, 0.29) is 23.8 Å². The Morgan fingerprint density at radius 1 is 0.886 bits per heavy atom. The zero-order chi connectivity index (χ0) is 24.8. The van der Waals surface area contributed by atoms with Gasteiger partial charge in [0.15, 0.2) is 0 Å². The second-order valence-corrected chi connectivity index (χ2v) is 9.47. The molecule has 3 aliphatic rings. The summed E-state index contributed by atoms with van der Waals surface area (Å²) in [5, 5.41) is 8.74. The van der Waals surface area contributed by atoms with Gasteiger partial charge in [-0.05, 0) is 43.9 Å². The second-order valence-electron chi connectivity index (χ2n) is 9.47. The van der Waals surface area contributed by atoms with Crippen molar-refractivity contribution in [1.82, 2.24) is 15.5 Å². The van der Waals surface area contributed by atoms with E-state index >= 15 is 0 Å². The van der Waals surface area contributed by atoms with Gasteiger partial charge in [-0.15, -0.1) is 0 Å². The van der Waals surface area contributed by atoms with E-state index in [1.165, 1.54) is 12.5 Å². The molecular formula is C24H34F3N5O3. The number of amides is 4. The van der Waals surface area contributed by atoms with Gasteiger partial charge in [-0.25, -0.2) is 9.59 Å². The van der Waals surface area contributed by atoms with Crippen molar-refractivity contribution in [3.05, 3.63) is 23.8 Å². The normalized spacial score (nSPS) is 20.4. The number of carbonyl (C=O) groups excluding carboxylic acids is 2. The fourth-order valence-corrected chi connectivity index (χ4v) is 4.97. The summed E-state index contributed by atoms with van der Waals surface area (Å²) in [6, 6.07) is 3.01. The molecule has 1 aromatic carbocycles. The quantitative estimate of drug-likeness (QED) is 0.583. The van der Waals surface area contributed by atoms with Crippen LogP contribution in [0.1, 0.15) is 50.5 Å². The maximum absolute atomic E-state index is 13.3. The van der Waals surface area contributed by atoms with Crippen LogP contribution < -0.4 is 20.9 Å². The van der Waals surface area contributed by atoms with Crippen LogP contribution in [0, 0.1) is 0 Å². The first-order valence-corrected chi connectivity index (χ1v) is 12.5. The van der Waals surface area contributed by atoms with Crippen LogP contribution in [0.5, 0.6) is 0 Å². The predicted molar refractivity (Wildman–Crippen MR) is 127 cm³/mol. The number of nitrogens with zero attached hydrogens (tertiary/aromatic N) is 2. The minimum atomic E-state index is -4.51. The summed E-state index contributed by atoms with van der Waals surface area (Å²) in [5.41, 5.74) is -0.124. The molecule has 4 amide bonds. The van der Waals surface area contributed by atoms with E-state index in [2.05, 4.69) is 16.0 Å². The predicted octanol–water partition coefficient (Wildman–Crippen LogP) is 4.17. The molecule has 3 N–H and O–H groups in total. The van der Waals surface area contributed by atoms with Crippen LogP contribution in [-0.2, 0) is 10.9 Å².